The number of nitrogens with zero attached hydrogens (tertiary/aromatic N) is 1. The average Bonchev–Trinajstić information content (AvgIpc) is 2.78. The first-order valence-corrected chi connectivity index (χ1v) is 5.36. The second-order valence-electron chi connectivity index (χ2n) is 3.79. The second-order valence-corrected chi connectivity index (χ2v) is 3.79. The van der Waals surface area contributed by atoms with E-state index in [2.05, 4.69) is 0 Å². The van der Waals surface area contributed by atoms with Gasteiger partial charge in [-0.25, -0.2) is 0 Å². The smallest absolute Gasteiger partial charge is 0.346 e. The molecule has 92 valence electrons. The predicted octanol–water partition coefficient (Wildman–Crippen LogP) is 2.29. The minimum absolute atomic E-state index is 0.0505. The molecule has 0 N–H and O–H groups in total. The molecule has 5 nitrogen and oxygen atoms in total. The number of nitro benzene ring substituents is 1. The van der Waals surface area contributed by atoms with Gasteiger partial charge in [0, 0.05) is 6.61 Å². The van der Waals surface area contributed by atoms with Gasteiger partial charge in [-0.05, 0) is 25.0 Å². The number of rotatable bonds is 4. The molecule has 1 aliphatic heterocycles. The van der Waals surface area contributed by atoms with Crippen molar-refractivity contribution >= 4 is 5.69 Å². The van der Waals surface area contributed by atoms with Crippen LogP contribution in [0.25, 0.3) is 0 Å². The molecule has 1 aromatic carbocycles. The van der Waals surface area contributed by atoms with Crippen LogP contribution in [0, 0.1) is 15.9 Å². The van der Waals surface area contributed by atoms with Crippen LogP contribution in [0.5, 0.6) is 5.75 Å². The quantitative estimate of drug-likeness (QED) is 0.599. The molecule has 1 aromatic rings. The van der Waals surface area contributed by atoms with E-state index in [4.69, 9.17) is 9.47 Å². The second kappa shape index (κ2) is 5.09. The van der Waals surface area contributed by atoms with Crippen LogP contribution in [0.2, 0.25) is 0 Å². The summed E-state index contributed by atoms with van der Waals surface area (Å²) in [4.78, 5) is 9.92. The first-order valence-electron chi connectivity index (χ1n) is 5.36. The molecule has 0 radical (unpaired) electrons. The molecule has 0 unspecified atom stereocenters. The van der Waals surface area contributed by atoms with Crippen molar-refractivity contribution in [1.82, 2.24) is 0 Å². The molecule has 6 heteroatoms. The van der Waals surface area contributed by atoms with Crippen LogP contribution in [0.3, 0.4) is 0 Å². The molecule has 1 atom stereocenters. The maximum atomic E-state index is 13.2. The lowest BCUT2D eigenvalue weighted by Gasteiger charge is -2.11. The SMILES string of the molecule is O=[N+]([O-])c1c(F)cccc1OC[C@H]1CCCO1. The maximum Gasteiger partial charge on any atom is 0.346 e. The Balaban J connectivity index is 2.09. The Bertz CT molecular complexity index is 418. The Kier molecular flexibility index (Phi) is 3.53. The highest BCUT2D eigenvalue weighted by molar-refractivity contribution is 5.47. The summed E-state index contributed by atoms with van der Waals surface area (Å²) in [5, 5.41) is 10.7. The molecule has 0 bridgehead atoms. The van der Waals surface area contributed by atoms with E-state index in [0.29, 0.717) is 6.61 Å². The third-order valence-corrected chi connectivity index (χ3v) is 2.58. The normalized spacial score (nSPS) is 19.2. The van der Waals surface area contributed by atoms with Crippen LogP contribution in [-0.2, 0) is 4.74 Å². The van der Waals surface area contributed by atoms with Crippen LogP contribution >= 0.6 is 0 Å². The van der Waals surface area contributed by atoms with E-state index < -0.39 is 16.4 Å². The zero-order chi connectivity index (χ0) is 12.3. The van der Waals surface area contributed by atoms with Gasteiger partial charge in [0.05, 0.1) is 11.0 Å². The Morgan fingerprint density at radius 1 is 1.59 bits per heavy atom. The highest BCUT2D eigenvalue weighted by Crippen LogP contribution is 2.30. The largest absolute Gasteiger partial charge is 0.484 e. The Morgan fingerprint density at radius 2 is 2.41 bits per heavy atom. The number of para-hydroxylation sites is 1. The van der Waals surface area contributed by atoms with Crippen molar-refractivity contribution in [2.24, 2.45) is 0 Å². The Morgan fingerprint density at radius 3 is 3.06 bits per heavy atom. The summed E-state index contributed by atoms with van der Waals surface area (Å²) >= 11 is 0. The fourth-order valence-electron chi connectivity index (χ4n) is 1.75. The van der Waals surface area contributed by atoms with Gasteiger partial charge in [-0.15, -0.1) is 0 Å². The summed E-state index contributed by atoms with van der Waals surface area (Å²) in [6.07, 6.45) is 1.76. The van der Waals surface area contributed by atoms with E-state index in [1.165, 1.54) is 12.1 Å². The summed E-state index contributed by atoms with van der Waals surface area (Å²) < 4.78 is 23.8. The van der Waals surface area contributed by atoms with Gasteiger partial charge in [0.1, 0.15) is 6.61 Å². The van der Waals surface area contributed by atoms with E-state index in [9.17, 15) is 14.5 Å². The number of hydrogen-bond acceptors (Lipinski definition) is 4. The standard InChI is InChI=1S/C11H12FNO4/c12-9-4-1-5-10(11(9)13(14)15)17-7-8-3-2-6-16-8/h1,4-5,8H,2-3,6-7H2/t8-/m1/s1. The third kappa shape index (κ3) is 2.71. The molecule has 1 fully saturated rings. The van der Waals surface area contributed by atoms with Gasteiger partial charge in [0.15, 0.2) is 5.75 Å². The molecule has 0 saturated carbocycles. The van der Waals surface area contributed by atoms with Gasteiger partial charge in [0.25, 0.3) is 0 Å². The molecule has 0 aliphatic carbocycles. The molecular formula is C11H12FNO4. The first-order chi connectivity index (χ1) is 8.18. The van der Waals surface area contributed by atoms with Crippen molar-refractivity contribution in [2.75, 3.05) is 13.2 Å². The van der Waals surface area contributed by atoms with Crippen molar-refractivity contribution in [3.63, 3.8) is 0 Å². The summed E-state index contributed by atoms with van der Waals surface area (Å²) in [6.45, 7) is 0.892. The average molecular weight is 241 g/mol. The monoisotopic (exact) mass is 241 g/mol. The van der Waals surface area contributed by atoms with Crippen LogP contribution in [0.15, 0.2) is 18.2 Å². The fourth-order valence-corrected chi connectivity index (χ4v) is 1.75. The van der Waals surface area contributed by atoms with Crippen LogP contribution < -0.4 is 4.74 Å². The lowest BCUT2D eigenvalue weighted by atomic mass is 10.2. The Labute approximate surface area is 97.3 Å². The molecular weight excluding hydrogens is 229 g/mol. The van der Waals surface area contributed by atoms with Gasteiger partial charge in [-0.2, -0.15) is 4.39 Å². The molecule has 1 heterocycles. The van der Waals surface area contributed by atoms with Crippen molar-refractivity contribution in [1.29, 1.82) is 0 Å². The van der Waals surface area contributed by atoms with E-state index in [-0.39, 0.29) is 18.5 Å². The zero-order valence-electron chi connectivity index (χ0n) is 9.10. The number of benzene rings is 1. The maximum absolute atomic E-state index is 13.2. The first kappa shape index (κ1) is 11.8. The third-order valence-electron chi connectivity index (χ3n) is 2.58. The Hall–Kier alpha value is -1.69. The summed E-state index contributed by atoms with van der Waals surface area (Å²) in [7, 11) is 0. The molecule has 1 saturated heterocycles. The van der Waals surface area contributed by atoms with Gasteiger partial charge in [-0.1, -0.05) is 6.07 Å². The van der Waals surface area contributed by atoms with Crippen molar-refractivity contribution < 1.29 is 18.8 Å². The van der Waals surface area contributed by atoms with Gasteiger partial charge >= 0.3 is 5.69 Å². The van der Waals surface area contributed by atoms with Crippen LogP contribution in [0.4, 0.5) is 10.1 Å². The van der Waals surface area contributed by atoms with Crippen molar-refractivity contribution in [3.05, 3.63) is 34.1 Å². The van der Waals surface area contributed by atoms with Gasteiger partial charge < -0.3 is 9.47 Å². The van der Waals surface area contributed by atoms with Crippen LogP contribution in [-0.4, -0.2) is 24.2 Å². The topological polar surface area (TPSA) is 61.6 Å². The van der Waals surface area contributed by atoms with Crippen LogP contribution in [0.1, 0.15) is 12.8 Å². The number of hydrogen-bond donors (Lipinski definition) is 0. The van der Waals surface area contributed by atoms with E-state index in [0.717, 1.165) is 18.9 Å². The van der Waals surface area contributed by atoms with E-state index in [1.807, 2.05) is 0 Å². The minimum atomic E-state index is -0.889. The minimum Gasteiger partial charge on any atom is -0.484 e. The highest BCUT2D eigenvalue weighted by Gasteiger charge is 2.23. The highest BCUT2D eigenvalue weighted by atomic mass is 19.1. The number of nitro groups is 1. The van der Waals surface area contributed by atoms with E-state index >= 15 is 0 Å². The van der Waals surface area contributed by atoms with Crippen molar-refractivity contribution in [3.8, 4) is 5.75 Å². The molecule has 2 rings (SSSR count). The molecule has 17 heavy (non-hydrogen) atoms. The van der Waals surface area contributed by atoms with Gasteiger partial charge in [0.2, 0.25) is 5.82 Å². The summed E-state index contributed by atoms with van der Waals surface area (Å²) in [5.74, 6) is -0.939. The van der Waals surface area contributed by atoms with Crippen molar-refractivity contribution in [2.45, 2.75) is 18.9 Å². The predicted molar refractivity (Wildman–Crippen MR) is 57.5 cm³/mol. The molecule has 0 aromatic heterocycles. The number of halogens is 1. The summed E-state index contributed by atoms with van der Waals surface area (Å²) in [5.41, 5.74) is -0.620. The lowest BCUT2D eigenvalue weighted by Crippen LogP contribution is -2.16. The molecule has 0 spiro atoms. The zero-order valence-corrected chi connectivity index (χ0v) is 9.10. The summed E-state index contributed by atoms with van der Waals surface area (Å²) in [6, 6.07) is 3.81. The lowest BCUT2D eigenvalue weighted by molar-refractivity contribution is -0.388. The van der Waals surface area contributed by atoms with Gasteiger partial charge in [-0.3, -0.25) is 10.1 Å². The molecule has 1 aliphatic rings. The van der Waals surface area contributed by atoms with E-state index in [1.54, 1.807) is 0 Å². The number of ether oxygens (including phenoxy) is 2. The molecule has 0 amide bonds. The fraction of sp³-hybridized carbons (Fsp3) is 0.455.